The number of aliphatic hydroxyl groups is 1. The summed E-state index contributed by atoms with van der Waals surface area (Å²) in [6.07, 6.45) is -1.39. The Morgan fingerprint density at radius 3 is 2.31 bits per heavy atom. The quantitative estimate of drug-likeness (QED) is 0.737. The van der Waals surface area contributed by atoms with Gasteiger partial charge in [-0.05, 0) is 52.3 Å². The number of benzene rings is 2. The van der Waals surface area contributed by atoms with E-state index < -0.39 is 12.0 Å². The van der Waals surface area contributed by atoms with Crippen LogP contribution in [0.5, 0.6) is 5.75 Å². The maximum Gasteiger partial charge on any atom is 0.250 e. The van der Waals surface area contributed by atoms with E-state index in [0.717, 1.165) is 11.3 Å². The first-order chi connectivity index (χ1) is 12.2. The fraction of sp³-hybridized carbons (Fsp3) is 0.381. The Morgan fingerprint density at radius 1 is 1.08 bits per heavy atom. The lowest BCUT2D eigenvalue weighted by atomic mass is 9.96. The molecule has 0 bridgehead atoms. The van der Waals surface area contributed by atoms with Gasteiger partial charge >= 0.3 is 0 Å². The van der Waals surface area contributed by atoms with Crippen molar-refractivity contribution >= 4 is 17.5 Å². The van der Waals surface area contributed by atoms with Crippen LogP contribution in [0.1, 0.15) is 67.9 Å². The molecule has 3 N–H and O–H groups in total. The molecule has 0 aliphatic rings. The van der Waals surface area contributed by atoms with Gasteiger partial charge in [0.15, 0.2) is 6.10 Å². The first kappa shape index (κ1) is 20.3. The number of halogens is 1. The number of ether oxygens (including phenoxy) is 1. The van der Waals surface area contributed by atoms with Crippen molar-refractivity contribution in [3.63, 3.8) is 0 Å². The van der Waals surface area contributed by atoms with Gasteiger partial charge in [0.25, 0.3) is 5.91 Å². The normalized spacial score (nSPS) is 12.5. The van der Waals surface area contributed by atoms with E-state index in [1.54, 1.807) is 18.2 Å². The number of primary amides is 1. The summed E-state index contributed by atoms with van der Waals surface area (Å²) >= 11 is 6.08. The number of carbonyl (C=O) groups is 1. The predicted octanol–water partition coefficient (Wildman–Crippen LogP) is 4.68. The van der Waals surface area contributed by atoms with Crippen LogP contribution in [0.2, 0.25) is 5.02 Å². The number of aliphatic hydroxyl groups excluding tert-OH is 1. The summed E-state index contributed by atoms with van der Waals surface area (Å²) in [5.74, 6) is 0.683. The molecule has 0 aromatic heterocycles. The van der Waals surface area contributed by atoms with Crippen molar-refractivity contribution in [2.75, 3.05) is 0 Å². The van der Waals surface area contributed by atoms with E-state index in [1.807, 2.05) is 0 Å². The number of hydrogen-bond acceptors (Lipinski definition) is 3. The fourth-order valence-electron chi connectivity index (χ4n) is 2.79. The Kier molecular flexibility index (Phi) is 6.68. The molecule has 0 radical (unpaired) electrons. The van der Waals surface area contributed by atoms with Crippen LogP contribution in [-0.2, 0) is 11.4 Å². The lowest BCUT2D eigenvalue weighted by Gasteiger charge is -2.19. The monoisotopic (exact) mass is 375 g/mol. The maximum atomic E-state index is 11.4. The summed E-state index contributed by atoms with van der Waals surface area (Å²) in [6.45, 7) is 8.66. The number of carbonyl (C=O) groups excluding carboxylic acids is 1. The van der Waals surface area contributed by atoms with E-state index in [0.29, 0.717) is 28.0 Å². The van der Waals surface area contributed by atoms with Crippen LogP contribution in [0.4, 0.5) is 0 Å². The number of hydrogen-bond donors (Lipinski definition) is 2. The summed E-state index contributed by atoms with van der Waals surface area (Å²) in [6, 6.07) is 11.2. The molecule has 0 aliphatic carbocycles. The minimum atomic E-state index is -1.39. The van der Waals surface area contributed by atoms with Gasteiger partial charge in [-0.15, -0.1) is 0 Å². The highest BCUT2D eigenvalue weighted by atomic mass is 35.5. The average molecular weight is 376 g/mol. The third-order valence-electron chi connectivity index (χ3n) is 4.38. The summed E-state index contributed by atoms with van der Waals surface area (Å²) in [5.41, 5.74) is 8.57. The highest BCUT2D eigenvalue weighted by Crippen LogP contribution is 2.31. The zero-order valence-corrected chi connectivity index (χ0v) is 16.4. The molecule has 1 unspecified atom stereocenters. The van der Waals surface area contributed by atoms with Crippen molar-refractivity contribution < 1.29 is 14.6 Å². The zero-order valence-electron chi connectivity index (χ0n) is 15.6. The zero-order chi connectivity index (χ0) is 19.4. The number of rotatable bonds is 7. The van der Waals surface area contributed by atoms with Gasteiger partial charge in [0.2, 0.25) is 0 Å². The molecule has 0 fully saturated rings. The van der Waals surface area contributed by atoms with Gasteiger partial charge in [0.1, 0.15) is 12.4 Å². The van der Waals surface area contributed by atoms with E-state index in [4.69, 9.17) is 22.1 Å². The van der Waals surface area contributed by atoms with Crippen molar-refractivity contribution in [3.05, 3.63) is 63.7 Å². The first-order valence-corrected chi connectivity index (χ1v) is 9.10. The molecule has 1 amide bonds. The molecule has 4 nitrogen and oxygen atoms in total. The van der Waals surface area contributed by atoms with E-state index in [1.165, 1.54) is 5.56 Å². The first-order valence-electron chi connectivity index (χ1n) is 8.73. The van der Waals surface area contributed by atoms with Crippen molar-refractivity contribution in [1.29, 1.82) is 0 Å². The molecule has 2 aromatic carbocycles. The van der Waals surface area contributed by atoms with E-state index in [9.17, 15) is 9.90 Å². The number of nitrogens with two attached hydrogens (primary N) is 1. The van der Waals surface area contributed by atoms with Crippen LogP contribution in [-0.4, -0.2) is 11.0 Å². The van der Waals surface area contributed by atoms with Gasteiger partial charge in [0.05, 0.1) is 0 Å². The summed E-state index contributed by atoms with van der Waals surface area (Å²) in [7, 11) is 0. The Hall–Kier alpha value is -2.04. The second-order valence-electron chi connectivity index (χ2n) is 7.04. The molecule has 26 heavy (non-hydrogen) atoms. The summed E-state index contributed by atoms with van der Waals surface area (Å²) in [5, 5.41) is 10.6. The molecule has 0 aliphatic heterocycles. The second-order valence-corrected chi connectivity index (χ2v) is 7.48. The molecule has 2 aromatic rings. The Balaban J connectivity index is 2.35. The standard InChI is InChI=1S/C21H26ClNO3/c1-12(2)14-5-7-17(13(3)4)19(10-14)26-11-15-9-16(22)6-8-18(15)20(24)21(23)25/h5-10,12-13,20,24H,11H2,1-4H3,(H2,23,25). The van der Waals surface area contributed by atoms with Gasteiger partial charge in [-0.3, -0.25) is 4.79 Å². The second kappa shape index (κ2) is 8.56. The smallest absolute Gasteiger partial charge is 0.250 e. The third kappa shape index (κ3) is 4.77. The van der Waals surface area contributed by atoms with Crippen LogP contribution in [0.3, 0.4) is 0 Å². The third-order valence-corrected chi connectivity index (χ3v) is 4.61. The minimum absolute atomic E-state index is 0.182. The Labute approximate surface area is 159 Å². The lowest BCUT2D eigenvalue weighted by molar-refractivity contribution is -0.126. The van der Waals surface area contributed by atoms with Gasteiger partial charge in [-0.2, -0.15) is 0 Å². The fourth-order valence-corrected chi connectivity index (χ4v) is 2.98. The average Bonchev–Trinajstić information content (AvgIpc) is 2.58. The summed E-state index contributed by atoms with van der Waals surface area (Å²) in [4.78, 5) is 11.4. The highest BCUT2D eigenvalue weighted by molar-refractivity contribution is 6.30. The minimum Gasteiger partial charge on any atom is -0.489 e. The van der Waals surface area contributed by atoms with Crippen molar-refractivity contribution in [3.8, 4) is 5.75 Å². The molecule has 0 heterocycles. The molecule has 0 spiro atoms. The Morgan fingerprint density at radius 2 is 1.73 bits per heavy atom. The van der Waals surface area contributed by atoms with Crippen molar-refractivity contribution in [2.45, 2.75) is 52.2 Å². The summed E-state index contributed by atoms with van der Waals surface area (Å²) < 4.78 is 6.08. The number of amides is 1. The van der Waals surface area contributed by atoms with Gasteiger partial charge in [-0.1, -0.05) is 57.5 Å². The maximum absolute atomic E-state index is 11.4. The van der Waals surface area contributed by atoms with E-state index in [-0.39, 0.29) is 6.61 Å². The SMILES string of the molecule is CC(C)c1ccc(C(C)C)c(OCc2cc(Cl)ccc2C(O)C(N)=O)c1. The van der Waals surface area contributed by atoms with Crippen LogP contribution >= 0.6 is 11.6 Å². The van der Waals surface area contributed by atoms with E-state index >= 15 is 0 Å². The largest absolute Gasteiger partial charge is 0.489 e. The van der Waals surface area contributed by atoms with Crippen molar-refractivity contribution in [2.24, 2.45) is 5.73 Å². The van der Waals surface area contributed by atoms with Crippen LogP contribution < -0.4 is 10.5 Å². The lowest BCUT2D eigenvalue weighted by Crippen LogP contribution is -2.22. The van der Waals surface area contributed by atoms with Crippen LogP contribution in [0.25, 0.3) is 0 Å². The predicted molar refractivity (Wildman–Crippen MR) is 105 cm³/mol. The van der Waals surface area contributed by atoms with Gasteiger partial charge in [-0.25, -0.2) is 0 Å². The molecule has 0 saturated heterocycles. The molecular weight excluding hydrogens is 350 g/mol. The molecule has 0 saturated carbocycles. The van der Waals surface area contributed by atoms with Crippen LogP contribution in [0.15, 0.2) is 36.4 Å². The van der Waals surface area contributed by atoms with E-state index in [2.05, 4.69) is 45.9 Å². The van der Waals surface area contributed by atoms with Gasteiger partial charge < -0.3 is 15.6 Å². The topological polar surface area (TPSA) is 72.6 Å². The molecule has 140 valence electrons. The highest BCUT2D eigenvalue weighted by Gasteiger charge is 2.19. The molecule has 1 atom stereocenters. The molecular formula is C21H26ClNO3. The van der Waals surface area contributed by atoms with Gasteiger partial charge in [0, 0.05) is 5.02 Å². The Bertz CT molecular complexity index is 787. The molecule has 2 rings (SSSR count). The molecule has 5 heteroatoms. The van der Waals surface area contributed by atoms with Crippen LogP contribution in [0, 0.1) is 0 Å². The van der Waals surface area contributed by atoms with Crippen molar-refractivity contribution in [1.82, 2.24) is 0 Å².